The molecule has 5 nitrogen and oxygen atoms in total. The largest absolute Gasteiger partial charge is 0.498 e. The molecule has 0 saturated heterocycles. The summed E-state index contributed by atoms with van der Waals surface area (Å²) in [7, 11) is 4.25. The number of carbonyl (C=O) groups excluding carboxylic acids is 1. The second-order valence-corrected chi connectivity index (χ2v) is 14.9. The van der Waals surface area contributed by atoms with Gasteiger partial charge >= 0.3 is 5.97 Å². The third kappa shape index (κ3) is 21.4. The fraction of sp³-hybridized carbons (Fsp3) is 0.878. The predicted octanol–water partition coefficient (Wildman–Crippen LogP) is 11.7. The third-order valence-electron chi connectivity index (χ3n) is 10.3. The highest BCUT2D eigenvalue weighted by Gasteiger charge is 2.22. The van der Waals surface area contributed by atoms with Crippen molar-refractivity contribution < 1.29 is 19.0 Å². The first kappa shape index (κ1) is 40.7. The molecule has 2 saturated carbocycles. The zero-order valence-corrected chi connectivity index (χ0v) is 30.6. The second kappa shape index (κ2) is 27.5. The van der Waals surface area contributed by atoms with Gasteiger partial charge in [-0.2, -0.15) is 0 Å². The topological polar surface area (TPSA) is 48.0 Å². The molecule has 0 aromatic rings. The van der Waals surface area contributed by atoms with Crippen molar-refractivity contribution in [2.45, 2.75) is 186 Å². The number of nitrogens with zero attached hydrogens (tertiary/aromatic N) is 1. The van der Waals surface area contributed by atoms with E-state index in [-0.39, 0.29) is 11.9 Å². The molecule has 2 aliphatic rings. The second-order valence-electron chi connectivity index (χ2n) is 14.9. The number of hydrogen-bond acceptors (Lipinski definition) is 5. The van der Waals surface area contributed by atoms with E-state index in [4.69, 9.17) is 14.2 Å². The van der Waals surface area contributed by atoms with Crippen LogP contribution >= 0.6 is 0 Å². The first-order valence-corrected chi connectivity index (χ1v) is 19.9. The number of allylic oxidation sites excluding steroid dienone is 2. The minimum atomic E-state index is 0.0601. The lowest BCUT2D eigenvalue weighted by molar-refractivity contribution is -0.149. The van der Waals surface area contributed by atoms with Gasteiger partial charge in [-0.05, 0) is 91.3 Å². The van der Waals surface area contributed by atoms with Gasteiger partial charge in [0.15, 0.2) is 0 Å². The maximum Gasteiger partial charge on any atom is 0.308 e. The first-order chi connectivity index (χ1) is 22.5. The lowest BCUT2D eigenvalue weighted by atomic mass is 9.88. The smallest absolute Gasteiger partial charge is 0.308 e. The lowest BCUT2D eigenvalue weighted by Crippen LogP contribution is -2.20. The monoisotopic (exact) mass is 646 g/mol. The van der Waals surface area contributed by atoms with Crippen LogP contribution in [-0.4, -0.2) is 50.8 Å². The molecule has 0 aromatic heterocycles. The van der Waals surface area contributed by atoms with Crippen LogP contribution in [0.4, 0.5) is 0 Å². The summed E-state index contributed by atoms with van der Waals surface area (Å²) >= 11 is 0. The molecule has 0 bridgehead atoms. The molecule has 0 radical (unpaired) electrons. The van der Waals surface area contributed by atoms with Gasteiger partial charge in [0.1, 0.15) is 0 Å². The van der Waals surface area contributed by atoms with E-state index in [0.29, 0.717) is 18.6 Å². The Morgan fingerprint density at radius 3 is 1.59 bits per heavy atom. The van der Waals surface area contributed by atoms with Crippen molar-refractivity contribution in [3.63, 3.8) is 0 Å². The van der Waals surface area contributed by atoms with Crippen LogP contribution in [0.15, 0.2) is 24.7 Å². The highest BCUT2D eigenvalue weighted by Crippen LogP contribution is 2.29. The molecule has 46 heavy (non-hydrogen) atoms. The Morgan fingerprint density at radius 1 is 0.609 bits per heavy atom. The van der Waals surface area contributed by atoms with Gasteiger partial charge in [-0.3, -0.25) is 4.79 Å². The van der Waals surface area contributed by atoms with E-state index in [2.05, 4.69) is 32.2 Å². The summed E-state index contributed by atoms with van der Waals surface area (Å²) in [6, 6.07) is 0. The summed E-state index contributed by atoms with van der Waals surface area (Å²) in [5.41, 5.74) is 0. The van der Waals surface area contributed by atoms with E-state index in [1.54, 1.807) is 0 Å². The summed E-state index contributed by atoms with van der Waals surface area (Å²) in [4.78, 5) is 14.4. The van der Waals surface area contributed by atoms with Crippen molar-refractivity contribution in [2.24, 2.45) is 11.8 Å². The SMILES string of the molecule is C=C(CCCN(C)C)OC(CCCCCCCCCOC(=C)C1CCCCC1)CCCCCCCCCOC(=O)C1CCCCC1. The Labute approximate surface area is 285 Å². The number of rotatable bonds is 29. The number of hydrogen-bond donors (Lipinski definition) is 0. The Morgan fingerprint density at radius 2 is 1.07 bits per heavy atom. The molecule has 2 rings (SSSR count). The van der Waals surface area contributed by atoms with Gasteiger partial charge in [-0.15, -0.1) is 0 Å². The Balaban J connectivity index is 1.48. The number of unbranched alkanes of at least 4 members (excludes halogenated alkanes) is 12. The van der Waals surface area contributed by atoms with Gasteiger partial charge in [-0.1, -0.05) is 116 Å². The Kier molecular flexibility index (Phi) is 24.3. The van der Waals surface area contributed by atoms with E-state index in [9.17, 15) is 4.79 Å². The van der Waals surface area contributed by atoms with Gasteiger partial charge in [0, 0.05) is 12.3 Å². The first-order valence-electron chi connectivity index (χ1n) is 19.9. The molecule has 1 atom stereocenters. The summed E-state index contributed by atoms with van der Waals surface area (Å²) in [5, 5.41) is 0. The molecular formula is C41H75NO4. The van der Waals surface area contributed by atoms with Gasteiger partial charge in [0.05, 0.1) is 36.8 Å². The maximum atomic E-state index is 12.2. The van der Waals surface area contributed by atoms with Crippen molar-refractivity contribution in [3.05, 3.63) is 24.7 Å². The molecule has 0 N–H and O–H groups in total. The molecule has 0 aliphatic heterocycles. The Bertz CT molecular complexity index is 718. The van der Waals surface area contributed by atoms with Crippen LogP contribution in [0.3, 0.4) is 0 Å². The molecular weight excluding hydrogens is 570 g/mol. The average molecular weight is 646 g/mol. The van der Waals surface area contributed by atoms with Crippen LogP contribution in [0.2, 0.25) is 0 Å². The molecule has 0 spiro atoms. The summed E-state index contributed by atoms with van der Waals surface area (Å²) < 4.78 is 18.0. The quantitative estimate of drug-likeness (QED) is 0.0460. The van der Waals surface area contributed by atoms with Gasteiger partial charge in [-0.25, -0.2) is 0 Å². The zero-order chi connectivity index (χ0) is 33.1. The molecule has 5 heteroatoms. The average Bonchev–Trinajstić information content (AvgIpc) is 3.06. The van der Waals surface area contributed by atoms with Crippen molar-refractivity contribution in [1.29, 1.82) is 0 Å². The minimum absolute atomic E-state index is 0.0601. The van der Waals surface area contributed by atoms with Crippen LogP contribution in [0.1, 0.15) is 180 Å². The molecule has 0 aromatic carbocycles. The minimum Gasteiger partial charge on any atom is -0.498 e. The zero-order valence-electron chi connectivity index (χ0n) is 30.6. The van der Waals surface area contributed by atoms with Crippen LogP contribution < -0.4 is 0 Å². The summed E-state index contributed by atoms with van der Waals surface area (Å²) in [6.07, 6.45) is 34.5. The summed E-state index contributed by atoms with van der Waals surface area (Å²) in [6.45, 7) is 11.0. The van der Waals surface area contributed by atoms with E-state index in [1.807, 2.05) is 0 Å². The summed E-state index contributed by atoms with van der Waals surface area (Å²) in [5.74, 6) is 2.88. The fourth-order valence-electron chi connectivity index (χ4n) is 7.24. The lowest BCUT2D eigenvalue weighted by Gasteiger charge is -2.23. The Hall–Kier alpha value is -1.49. The van der Waals surface area contributed by atoms with E-state index >= 15 is 0 Å². The third-order valence-corrected chi connectivity index (χ3v) is 10.3. The number of ether oxygens (including phenoxy) is 3. The normalized spacial score (nSPS) is 16.8. The van der Waals surface area contributed by atoms with Gasteiger partial charge in [0.2, 0.25) is 0 Å². The van der Waals surface area contributed by atoms with E-state index in [1.165, 1.54) is 128 Å². The number of esters is 1. The van der Waals surface area contributed by atoms with Crippen molar-refractivity contribution >= 4 is 5.97 Å². The fourth-order valence-corrected chi connectivity index (χ4v) is 7.24. The van der Waals surface area contributed by atoms with Crippen molar-refractivity contribution in [1.82, 2.24) is 4.90 Å². The maximum absolute atomic E-state index is 12.2. The van der Waals surface area contributed by atoms with Crippen molar-refractivity contribution in [2.75, 3.05) is 33.9 Å². The van der Waals surface area contributed by atoms with E-state index < -0.39 is 0 Å². The highest BCUT2D eigenvalue weighted by atomic mass is 16.5. The van der Waals surface area contributed by atoms with Gasteiger partial charge < -0.3 is 19.1 Å². The standard InChI is InChI=1S/C41H75NO4/c1-36(26-25-33-42(3)4)46-40(31-21-11-7-5-9-13-23-34-44-37(2)38-27-17-15-18-28-38)32-22-12-8-6-10-14-24-35-45-41(43)39-29-19-16-20-30-39/h38-40H,1-2,5-35H2,3-4H3. The van der Waals surface area contributed by atoms with Crippen LogP contribution in [0.25, 0.3) is 0 Å². The molecule has 268 valence electrons. The molecule has 1 unspecified atom stereocenters. The van der Waals surface area contributed by atoms with Crippen molar-refractivity contribution in [3.8, 4) is 0 Å². The molecule has 0 heterocycles. The predicted molar refractivity (Wildman–Crippen MR) is 195 cm³/mol. The van der Waals surface area contributed by atoms with Crippen LogP contribution in [-0.2, 0) is 19.0 Å². The molecule has 2 fully saturated rings. The van der Waals surface area contributed by atoms with Crippen LogP contribution in [0.5, 0.6) is 0 Å². The van der Waals surface area contributed by atoms with Crippen LogP contribution in [0, 0.1) is 11.8 Å². The van der Waals surface area contributed by atoms with Gasteiger partial charge in [0.25, 0.3) is 0 Å². The molecule has 2 aliphatic carbocycles. The van der Waals surface area contributed by atoms with E-state index in [0.717, 1.165) is 76.0 Å². The highest BCUT2D eigenvalue weighted by molar-refractivity contribution is 5.72. The molecule has 0 amide bonds. The number of carbonyl (C=O) groups is 1.